The molecule has 0 aromatic carbocycles. The molecule has 17 heavy (non-hydrogen) atoms. The van der Waals surface area contributed by atoms with E-state index in [2.05, 4.69) is 10.6 Å². The zero-order valence-electron chi connectivity index (χ0n) is 10.3. The summed E-state index contributed by atoms with van der Waals surface area (Å²) in [5, 5.41) is 14.9. The Balaban J connectivity index is 2.18. The Kier molecular flexibility index (Phi) is 5.72. The van der Waals surface area contributed by atoms with Crippen molar-refractivity contribution in [3.05, 3.63) is 24.2 Å². The molecule has 3 N–H and O–H groups in total. The van der Waals surface area contributed by atoms with Gasteiger partial charge < -0.3 is 20.2 Å². The van der Waals surface area contributed by atoms with Crippen LogP contribution in [0.25, 0.3) is 0 Å². The van der Waals surface area contributed by atoms with Gasteiger partial charge in [0, 0.05) is 0 Å². The van der Waals surface area contributed by atoms with Gasteiger partial charge in [-0.3, -0.25) is 4.79 Å². The minimum atomic E-state index is -0.346. The third-order valence-electron chi connectivity index (χ3n) is 2.42. The zero-order valence-corrected chi connectivity index (χ0v) is 10.3. The second-order valence-corrected chi connectivity index (χ2v) is 4.11. The highest BCUT2D eigenvalue weighted by molar-refractivity contribution is 5.81. The molecule has 1 amide bonds. The van der Waals surface area contributed by atoms with E-state index in [1.807, 2.05) is 6.07 Å². The van der Waals surface area contributed by atoms with Crippen LogP contribution >= 0.6 is 0 Å². The van der Waals surface area contributed by atoms with Crippen LogP contribution in [0.2, 0.25) is 0 Å². The molecule has 0 aliphatic rings. The third kappa shape index (κ3) is 5.51. The summed E-state index contributed by atoms with van der Waals surface area (Å²) < 4.78 is 5.11. The summed E-state index contributed by atoms with van der Waals surface area (Å²) in [6.45, 7) is 4.53. The number of hydrogen-bond donors (Lipinski definition) is 3. The molecule has 0 bridgehead atoms. The van der Waals surface area contributed by atoms with Gasteiger partial charge in [-0.05, 0) is 38.9 Å². The summed E-state index contributed by atoms with van der Waals surface area (Å²) >= 11 is 0. The fourth-order valence-electron chi connectivity index (χ4n) is 1.34. The molecule has 0 radical (unpaired) electrons. The van der Waals surface area contributed by atoms with Crippen LogP contribution in [0.15, 0.2) is 22.8 Å². The standard InChI is InChI=1S/C12H20N2O3/c1-9(15)5-6-13-10(2)12(16)14-8-11-4-3-7-17-11/h3-4,7,9-10,13,15H,5-6,8H2,1-2H3,(H,14,16). The topological polar surface area (TPSA) is 74.5 Å². The molecule has 0 saturated heterocycles. The van der Waals surface area contributed by atoms with E-state index < -0.39 is 0 Å². The van der Waals surface area contributed by atoms with Crippen LogP contribution in [0.5, 0.6) is 0 Å². The molecule has 0 fully saturated rings. The van der Waals surface area contributed by atoms with E-state index in [0.717, 1.165) is 5.76 Å². The summed E-state index contributed by atoms with van der Waals surface area (Å²) in [4.78, 5) is 11.6. The summed E-state index contributed by atoms with van der Waals surface area (Å²) in [7, 11) is 0. The van der Waals surface area contributed by atoms with E-state index in [0.29, 0.717) is 19.5 Å². The van der Waals surface area contributed by atoms with Crippen molar-refractivity contribution in [2.75, 3.05) is 6.54 Å². The minimum Gasteiger partial charge on any atom is -0.467 e. The van der Waals surface area contributed by atoms with Gasteiger partial charge in [0.25, 0.3) is 0 Å². The largest absolute Gasteiger partial charge is 0.467 e. The number of carbonyl (C=O) groups is 1. The number of aliphatic hydroxyl groups is 1. The van der Waals surface area contributed by atoms with Gasteiger partial charge in [-0.1, -0.05) is 0 Å². The Morgan fingerprint density at radius 3 is 2.88 bits per heavy atom. The second kappa shape index (κ2) is 7.09. The van der Waals surface area contributed by atoms with Crippen molar-refractivity contribution < 1.29 is 14.3 Å². The smallest absolute Gasteiger partial charge is 0.237 e. The molecule has 1 aromatic heterocycles. The molecular weight excluding hydrogens is 220 g/mol. The molecule has 2 atom stereocenters. The van der Waals surface area contributed by atoms with Gasteiger partial charge in [-0.25, -0.2) is 0 Å². The highest BCUT2D eigenvalue weighted by atomic mass is 16.3. The lowest BCUT2D eigenvalue weighted by molar-refractivity contribution is -0.123. The minimum absolute atomic E-state index is 0.0769. The van der Waals surface area contributed by atoms with E-state index in [1.54, 1.807) is 26.2 Å². The highest BCUT2D eigenvalue weighted by Gasteiger charge is 2.11. The lowest BCUT2D eigenvalue weighted by atomic mass is 10.2. The highest BCUT2D eigenvalue weighted by Crippen LogP contribution is 1.98. The molecule has 0 spiro atoms. The van der Waals surface area contributed by atoms with Crippen molar-refractivity contribution in [2.45, 2.75) is 39.0 Å². The Labute approximate surface area is 101 Å². The lowest BCUT2D eigenvalue weighted by Gasteiger charge is -2.14. The van der Waals surface area contributed by atoms with E-state index in [4.69, 9.17) is 9.52 Å². The van der Waals surface area contributed by atoms with Gasteiger partial charge in [-0.15, -0.1) is 0 Å². The quantitative estimate of drug-likeness (QED) is 0.654. The molecule has 1 rings (SSSR count). The average Bonchev–Trinajstić information content (AvgIpc) is 2.78. The molecule has 2 unspecified atom stereocenters. The maximum Gasteiger partial charge on any atom is 0.237 e. The van der Waals surface area contributed by atoms with E-state index in [1.165, 1.54) is 0 Å². The van der Waals surface area contributed by atoms with Crippen molar-refractivity contribution in [2.24, 2.45) is 0 Å². The number of aliphatic hydroxyl groups excluding tert-OH is 1. The number of amides is 1. The van der Waals surface area contributed by atoms with Gasteiger partial charge in [0.2, 0.25) is 5.91 Å². The molecular formula is C12H20N2O3. The van der Waals surface area contributed by atoms with Crippen molar-refractivity contribution in [1.82, 2.24) is 10.6 Å². The van der Waals surface area contributed by atoms with Gasteiger partial charge >= 0.3 is 0 Å². The summed E-state index contributed by atoms with van der Waals surface area (Å²) in [6.07, 6.45) is 1.86. The van der Waals surface area contributed by atoms with Crippen molar-refractivity contribution >= 4 is 5.91 Å². The second-order valence-electron chi connectivity index (χ2n) is 4.11. The molecule has 1 heterocycles. The maximum atomic E-state index is 11.6. The molecule has 1 aromatic rings. The lowest BCUT2D eigenvalue weighted by Crippen LogP contribution is -2.42. The van der Waals surface area contributed by atoms with Crippen LogP contribution in [0, 0.1) is 0 Å². The Morgan fingerprint density at radius 2 is 2.29 bits per heavy atom. The van der Waals surface area contributed by atoms with Crippen LogP contribution in [0.4, 0.5) is 0 Å². The molecule has 0 saturated carbocycles. The predicted molar refractivity (Wildman–Crippen MR) is 64.3 cm³/mol. The van der Waals surface area contributed by atoms with E-state index in [9.17, 15) is 4.79 Å². The van der Waals surface area contributed by atoms with Crippen LogP contribution in [-0.4, -0.2) is 29.7 Å². The van der Waals surface area contributed by atoms with E-state index >= 15 is 0 Å². The van der Waals surface area contributed by atoms with Gasteiger partial charge in [-0.2, -0.15) is 0 Å². The zero-order chi connectivity index (χ0) is 12.7. The van der Waals surface area contributed by atoms with Gasteiger partial charge in [0.15, 0.2) is 0 Å². The molecule has 5 heteroatoms. The first-order valence-electron chi connectivity index (χ1n) is 5.81. The normalized spacial score (nSPS) is 14.3. The van der Waals surface area contributed by atoms with Crippen molar-refractivity contribution in [3.8, 4) is 0 Å². The Morgan fingerprint density at radius 1 is 1.53 bits per heavy atom. The molecule has 5 nitrogen and oxygen atoms in total. The number of hydrogen-bond acceptors (Lipinski definition) is 4. The van der Waals surface area contributed by atoms with Crippen molar-refractivity contribution in [1.29, 1.82) is 0 Å². The van der Waals surface area contributed by atoms with Crippen molar-refractivity contribution in [3.63, 3.8) is 0 Å². The van der Waals surface area contributed by atoms with E-state index in [-0.39, 0.29) is 18.1 Å². The Bertz CT molecular complexity index is 323. The first kappa shape index (κ1) is 13.7. The van der Waals surface area contributed by atoms with Gasteiger partial charge in [0.05, 0.1) is 25.0 Å². The monoisotopic (exact) mass is 240 g/mol. The van der Waals surface area contributed by atoms with Crippen LogP contribution in [0.1, 0.15) is 26.0 Å². The fourth-order valence-corrected chi connectivity index (χ4v) is 1.34. The SMILES string of the molecule is CC(O)CCNC(C)C(=O)NCc1ccco1. The molecule has 0 aliphatic carbocycles. The predicted octanol–water partition coefficient (Wildman–Crippen LogP) is 0.645. The van der Waals surface area contributed by atoms with Crippen LogP contribution in [0.3, 0.4) is 0 Å². The van der Waals surface area contributed by atoms with Gasteiger partial charge in [0.1, 0.15) is 5.76 Å². The Hall–Kier alpha value is -1.33. The van der Waals surface area contributed by atoms with Crippen LogP contribution in [-0.2, 0) is 11.3 Å². The summed E-state index contributed by atoms with van der Waals surface area (Å²) in [5.74, 6) is 0.654. The first-order chi connectivity index (χ1) is 8.09. The van der Waals surface area contributed by atoms with Crippen LogP contribution < -0.4 is 10.6 Å². The number of carbonyl (C=O) groups excluding carboxylic acids is 1. The fraction of sp³-hybridized carbons (Fsp3) is 0.583. The summed E-state index contributed by atoms with van der Waals surface area (Å²) in [6, 6.07) is 3.32. The number of nitrogens with one attached hydrogen (secondary N) is 2. The molecule has 0 aliphatic heterocycles. The number of furan rings is 1. The number of rotatable bonds is 7. The third-order valence-corrected chi connectivity index (χ3v) is 2.42. The summed E-state index contributed by atoms with van der Waals surface area (Å²) in [5.41, 5.74) is 0. The first-order valence-corrected chi connectivity index (χ1v) is 5.81. The molecule has 96 valence electrons. The average molecular weight is 240 g/mol. The maximum absolute atomic E-state index is 11.6.